The van der Waals surface area contributed by atoms with E-state index in [2.05, 4.69) is 42.3 Å². The molecule has 3 rings (SSSR count). The zero-order valence-corrected chi connectivity index (χ0v) is 15.1. The molecule has 0 bridgehead atoms. The van der Waals surface area contributed by atoms with Crippen LogP contribution in [0, 0.1) is 13.8 Å². The number of hydrogen-bond acceptors (Lipinski definition) is 5. The van der Waals surface area contributed by atoms with Gasteiger partial charge >= 0.3 is 6.16 Å². The first-order valence-electron chi connectivity index (χ1n) is 8.81. The van der Waals surface area contributed by atoms with Crippen LogP contribution in [0.5, 0.6) is 0 Å². The fraction of sp³-hybridized carbons (Fsp3) is 0.579. The van der Waals surface area contributed by atoms with Gasteiger partial charge in [-0.25, -0.2) is 4.79 Å². The maximum atomic E-state index is 12.4. The van der Waals surface area contributed by atoms with Crippen LogP contribution in [-0.4, -0.2) is 48.8 Å². The molecule has 6 nitrogen and oxygen atoms in total. The molecule has 1 aromatic carbocycles. The Morgan fingerprint density at radius 2 is 2.04 bits per heavy atom. The summed E-state index contributed by atoms with van der Waals surface area (Å²) >= 11 is 0. The van der Waals surface area contributed by atoms with Crippen molar-refractivity contribution in [2.45, 2.75) is 45.3 Å². The van der Waals surface area contributed by atoms with Gasteiger partial charge in [0.1, 0.15) is 6.61 Å². The van der Waals surface area contributed by atoms with Crippen molar-refractivity contribution in [1.82, 2.24) is 10.2 Å². The molecule has 25 heavy (non-hydrogen) atoms. The van der Waals surface area contributed by atoms with Crippen LogP contribution in [0.25, 0.3) is 0 Å². The van der Waals surface area contributed by atoms with Crippen molar-refractivity contribution in [2.24, 2.45) is 0 Å². The second kappa shape index (κ2) is 7.04. The number of cyclic esters (lactones) is 1. The number of aryl methyl sites for hydroxylation is 2. The fourth-order valence-electron chi connectivity index (χ4n) is 3.59. The summed E-state index contributed by atoms with van der Waals surface area (Å²) in [7, 11) is 0. The number of hydrogen-bond donors (Lipinski definition) is 1. The van der Waals surface area contributed by atoms with Crippen LogP contribution in [-0.2, 0) is 14.3 Å². The van der Waals surface area contributed by atoms with Gasteiger partial charge in [-0.15, -0.1) is 0 Å². The van der Waals surface area contributed by atoms with Gasteiger partial charge in [0, 0.05) is 25.9 Å². The van der Waals surface area contributed by atoms with E-state index in [-0.39, 0.29) is 11.9 Å². The Bertz CT molecular complexity index is 665. The molecule has 0 radical (unpaired) electrons. The van der Waals surface area contributed by atoms with Gasteiger partial charge in [0.2, 0.25) is 5.91 Å². The van der Waals surface area contributed by atoms with Crippen molar-refractivity contribution in [3.63, 3.8) is 0 Å². The van der Waals surface area contributed by atoms with Gasteiger partial charge in [0.25, 0.3) is 0 Å². The van der Waals surface area contributed by atoms with Crippen molar-refractivity contribution in [2.75, 3.05) is 26.2 Å². The summed E-state index contributed by atoms with van der Waals surface area (Å²) in [6, 6.07) is 6.27. The summed E-state index contributed by atoms with van der Waals surface area (Å²) in [5, 5.41) is 3.09. The molecule has 1 aromatic rings. The maximum Gasteiger partial charge on any atom is 0.509 e. The Labute approximate surface area is 148 Å². The normalized spacial score (nSPS) is 20.8. The van der Waals surface area contributed by atoms with Crippen LogP contribution in [0.15, 0.2) is 18.2 Å². The van der Waals surface area contributed by atoms with E-state index in [1.807, 2.05) is 6.92 Å². The predicted molar refractivity (Wildman–Crippen MR) is 93.3 cm³/mol. The number of rotatable bonds is 4. The van der Waals surface area contributed by atoms with Gasteiger partial charge in [-0.05, 0) is 31.9 Å². The number of piperidine rings is 1. The van der Waals surface area contributed by atoms with E-state index in [0.29, 0.717) is 26.0 Å². The molecule has 1 N–H and O–H groups in total. The van der Waals surface area contributed by atoms with E-state index in [1.54, 1.807) is 0 Å². The molecule has 2 fully saturated rings. The monoisotopic (exact) mass is 346 g/mol. The van der Waals surface area contributed by atoms with Crippen LogP contribution in [0.4, 0.5) is 4.79 Å². The Balaban J connectivity index is 1.50. The zero-order chi connectivity index (χ0) is 18.0. The zero-order valence-electron chi connectivity index (χ0n) is 15.1. The van der Waals surface area contributed by atoms with Gasteiger partial charge in [-0.2, -0.15) is 0 Å². The van der Waals surface area contributed by atoms with Crippen LogP contribution in [0.1, 0.15) is 42.5 Å². The molecule has 1 unspecified atom stereocenters. The van der Waals surface area contributed by atoms with Crippen molar-refractivity contribution in [3.8, 4) is 0 Å². The molecule has 0 aromatic heterocycles. The summed E-state index contributed by atoms with van der Waals surface area (Å²) < 4.78 is 10.2. The third-order valence-corrected chi connectivity index (χ3v) is 5.17. The molecule has 2 saturated heterocycles. The van der Waals surface area contributed by atoms with Crippen LogP contribution >= 0.6 is 0 Å². The molecule has 2 heterocycles. The van der Waals surface area contributed by atoms with Gasteiger partial charge in [-0.3, -0.25) is 9.69 Å². The number of amides is 1. The maximum absolute atomic E-state index is 12.4. The molecule has 2 aliphatic rings. The van der Waals surface area contributed by atoms with Gasteiger partial charge in [0.05, 0.1) is 12.6 Å². The second-order valence-electron chi connectivity index (χ2n) is 7.25. The topological polar surface area (TPSA) is 67.9 Å². The molecule has 1 amide bonds. The van der Waals surface area contributed by atoms with Crippen LogP contribution in [0.3, 0.4) is 0 Å². The number of carbonyl (C=O) groups is 2. The minimum absolute atomic E-state index is 0.0176. The highest BCUT2D eigenvalue weighted by Crippen LogP contribution is 2.31. The van der Waals surface area contributed by atoms with E-state index in [1.165, 1.54) is 11.1 Å². The lowest BCUT2D eigenvalue weighted by Crippen LogP contribution is -2.49. The van der Waals surface area contributed by atoms with E-state index < -0.39 is 11.8 Å². The van der Waals surface area contributed by atoms with Crippen molar-refractivity contribution in [3.05, 3.63) is 34.9 Å². The van der Waals surface area contributed by atoms with Gasteiger partial charge in [-0.1, -0.05) is 23.8 Å². The highest BCUT2D eigenvalue weighted by molar-refractivity contribution is 5.78. The third kappa shape index (κ3) is 4.12. The first-order valence-corrected chi connectivity index (χ1v) is 8.81. The smallest absolute Gasteiger partial charge is 0.430 e. The molecular formula is C19H26N2O4. The molecule has 6 heteroatoms. The van der Waals surface area contributed by atoms with Crippen LogP contribution in [0.2, 0.25) is 0 Å². The number of ether oxygens (including phenoxy) is 2. The molecule has 0 saturated carbocycles. The van der Waals surface area contributed by atoms with Gasteiger partial charge < -0.3 is 14.8 Å². The summed E-state index contributed by atoms with van der Waals surface area (Å²) in [5.74, 6) is 0.0176. The predicted octanol–water partition coefficient (Wildman–Crippen LogP) is 2.48. The summed E-state index contributed by atoms with van der Waals surface area (Å²) in [4.78, 5) is 25.7. The summed E-state index contributed by atoms with van der Waals surface area (Å²) in [6.07, 6.45) is 0.838. The highest BCUT2D eigenvalue weighted by atomic mass is 16.8. The van der Waals surface area contributed by atoms with Crippen molar-refractivity contribution >= 4 is 12.1 Å². The van der Waals surface area contributed by atoms with Crippen molar-refractivity contribution < 1.29 is 19.1 Å². The quantitative estimate of drug-likeness (QED) is 0.849. The molecule has 1 spiro atoms. The van der Waals surface area contributed by atoms with Gasteiger partial charge in [0.15, 0.2) is 5.60 Å². The fourth-order valence-corrected chi connectivity index (χ4v) is 3.59. The van der Waals surface area contributed by atoms with E-state index in [9.17, 15) is 9.59 Å². The first-order chi connectivity index (χ1) is 11.9. The average molecular weight is 346 g/mol. The number of nitrogens with one attached hydrogen (secondary N) is 1. The molecular weight excluding hydrogens is 320 g/mol. The molecule has 0 aliphatic carbocycles. The first kappa shape index (κ1) is 17.7. The lowest BCUT2D eigenvalue weighted by Gasteiger charge is -2.36. The van der Waals surface area contributed by atoms with E-state index >= 15 is 0 Å². The summed E-state index contributed by atoms with van der Waals surface area (Å²) in [6.45, 7) is 8.27. The Morgan fingerprint density at radius 1 is 1.32 bits per heavy atom. The number of nitrogens with zero attached hydrogens (tertiary/aromatic N) is 1. The second-order valence-corrected chi connectivity index (χ2v) is 7.25. The standard InChI is InChI=1S/C19H26N2O4/c1-13-4-5-14(2)16(10-13)15(3)20-17(22)11-21-8-6-19(7-9-21)12-24-18(23)25-19/h4-5,10,15H,6-9,11-12H2,1-3H3,(H,20,22). The van der Waals surface area contributed by atoms with E-state index in [0.717, 1.165) is 18.7 Å². The largest absolute Gasteiger partial charge is 0.509 e. The molecule has 2 aliphatic heterocycles. The van der Waals surface area contributed by atoms with E-state index in [4.69, 9.17) is 9.47 Å². The molecule has 1 atom stereocenters. The number of likely N-dealkylation sites (tertiary alicyclic amines) is 1. The minimum Gasteiger partial charge on any atom is -0.430 e. The average Bonchev–Trinajstić information content (AvgIpc) is 2.93. The van der Waals surface area contributed by atoms with Crippen LogP contribution < -0.4 is 5.32 Å². The minimum atomic E-state index is -0.575. The Morgan fingerprint density at radius 3 is 2.68 bits per heavy atom. The summed E-state index contributed by atoms with van der Waals surface area (Å²) in [5.41, 5.74) is 3.05. The van der Waals surface area contributed by atoms with Crippen molar-refractivity contribution in [1.29, 1.82) is 0 Å². The number of benzene rings is 1. The highest BCUT2D eigenvalue weighted by Gasteiger charge is 2.44. The lowest BCUT2D eigenvalue weighted by molar-refractivity contribution is -0.123. The lowest BCUT2D eigenvalue weighted by atomic mass is 9.92. The SMILES string of the molecule is Cc1ccc(C)c(C(C)NC(=O)CN2CCC3(CC2)COC(=O)O3)c1. The molecule has 136 valence electrons. The Kier molecular flexibility index (Phi) is 4.99. The Hall–Kier alpha value is -2.08. The number of carbonyl (C=O) groups excluding carboxylic acids is 2. The third-order valence-electron chi connectivity index (χ3n) is 5.17.